The highest BCUT2D eigenvalue weighted by Crippen LogP contribution is 2.22. The lowest BCUT2D eigenvalue weighted by atomic mass is 10.1. The highest BCUT2D eigenvalue weighted by Gasteiger charge is 2.14. The monoisotopic (exact) mass is 210 g/mol. The van der Waals surface area contributed by atoms with Crippen LogP contribution in [0, 0.1) is 0 Å². The van der Waals surface area contributed by atoms with Gasteiger partial charge in [0.2, 0.25) is 5.88 Å². The maximum atomic E-state index is 9.71. The first-order valence-corrected chi connectivity index (χ1v) is 6.02. The molecule has 1 aromatic rings. The Hall–Kier alpha value is -0.990. The Morgan fingerprint density at radius 3 is 2.47 bits per heavy atom. The Morgan fingerprint density at radius 1 is 1.20 bits per heavy atom. The summed E-state index contributed by atoms with van der Waals surface area (Å²) in [5.41, 5.74) is 2.27. The fourth-order valence-electron chi connectivity index (χ4n) is 1.90. The van der Waals surface area contributed by atoms with Gasteiger partial charge in [-0.25, -0.2) is 0 Å². The third-order valence-corrected chi connectivity index (χ3v) is 2.70. The van der Waals surface area contributed by atoms with Gasteiger partial charge in [-0.05, 0) is 25.7 Å². The van der Waals surface area contributed by atoms with E-state index in [-0.39, 0.29) is 5.88 Å². The number of hydrogen-bond acceptors (Lipinski definition) is 2. The molecule has 0 atom stereocenters. The fourth-order valence-corrected chi connectivity index (χ4v) is 1.90. The van der Waals surface area contributed by atoms with Crippen molar-refractivity contribution in [1.82, 2.24) is 9.78 Å². The van der Waals surface area contributed by atoms with Crippen molar-refractivity contribution in [2.24, 2.45) is 0 Å². The number of rotatable bonds is 6. The molecule has 0 aliphatic rings. The van der Waals surface area contributed by atoms with Crippen LogP contribution in [0.25, 0.3) is 0 Å². The summed E-state index contributed by atoms with van der Waals surface area (Å²) in [6, 6.07) is 0. The molecular weight excluding hydrogens is 188 g/mol. The minimum absolute atomic E-state index is 0.233. The first-order valence-electron chi connectivity index (χ1n) is 6.02. The van der Waals surface area contributed by atoms with Gasteiger partial charge >= 0.3 is 0 Å². The number of hydrogen-bond donors (Lipinski definition) is 1. The van der Waals surface area contributed by atoms with E-state index in [9.17, 15) is 5.11 Å². The molecule has 3 heteroatoms. The average Bonchev–Trinajstić information content (AvgIpc) is 2.52. The van der Waals surface area contributed by atoms with Gasteiger partial charge in [-0.2, -0.15) is 0 Å². The van der Waals surface area contributed by atoms with Gasteiger partial charge in [0.25, 0.3) is 0 Å². The van der Waals surface area contributed by atoms with Crippen LogP contribution in [0.5, 0.6) is 5.88 Å². The molecule has 1 N–H and O–H groups in total. The van der Waals surface area contributed by atoms with Gasteiger partial charge in [0.05, 0.1) is 0 Å². The van der Waals surface area contributed by atoms with E-state index in [4.69, 9.17) is 0 Å². The standard InChI is InChI=1S/C12H22N2O/c1-4-7-8-11-10(6-3)12(15)13-14(11)9-5-2/h4-9H2,1-3H3,(H,13,15). The summed E-state index contributed by atoms with van der Waals surface area (Å²) in [5, 5.41) is 13.9. The number of aromatic nitrogens is 2. The van der Waals surface area contributed by atoms with Crippen molar-refractivity contribution in [3.8, 4) is 5.88 Å². The maximum absolute atomic E-state index is 9.71. The molecule has 0 saturated carbocycles. The van der Waals surface area contributed by atoms with Crippen molar-refractivity contribution in [2.45, 2.75) is 59.4 Å². The molecule has 0 aromatic carbocycles. The van der Waals surface area contributed by atoms with Crippen LogP contribution >= 0.6 is 0 Å². The second kappa shape index (κ2) is 5.79. The van der Waals surface area contributed by atoms with E-state index in [1.54, 1.807) is 0 Å². The molecule has 0 aliphatic heterocycles. The Balaban J connectivity index is 2.93. The second-order valence-corrected chi connectivity index (χ2v) is 3.93. The molecule has 0 amide bonds. The second-order valence-electron chi connectivity index (χ2n) is 3.93. The van der Waals surface area contributed by atoms with E-state index >= 15 is 0 Å². The van der Waals surface area contributed by atoms with Crippen molar-refractivity contribution in [1.29, 1.82) is 0 Å². The van der Waals surface area contributed by atoms with Crippen molar-refractivity contribution >= 4 is 0 Å². The molecule has 1 rings (SSSR count). The smallest absolute Gasteiger partial charge is 0.233 e. The average molecular weight is 210 g/mol. The van der Waals surface area contributed by atoms with Gasteiger partial charge in [-0.3, -0.25) is 4.68 Å². The molecule has 1 aromatic heterocycles. The molecule has 0 radical (unpaired) electrons. The number of unbranched alkanes of at least 4 members (excludes halogenated alkanes) is 1. The Morgan fingerprint density at radius 2 is 1.93 bits per heavy atom. The number of nitrogens with zero attached hydrogens (tertiary/aromatic N) is 2. The summed E-state index contributed by atoms with van der Waals surface area (Å²) < 4.78 is 1.98. The molecular formula is C12H22N2O. The van der Waals surface area contributed by atoms with Crippen LogP contribution in [0.2, 0.25) is 0 Å². The van der Waals surface area contributed by atoms with Gasteiger partial charge in [-0.1, -0.05) is 27.2 Å². The predicted molar refractivity (Wildman–Crippen MR) is 62.2 cm³/mol. The van der Waals surface area contributed by atoms with E-state index < -0.39 is 0 Å². The van der Waals surface area contributed by atoms with Crippen LogP contribution < -0.4 is 0 Å². The van der Waals surface area contributed by atoms with Crippen molar-refractivity contribution in [2.75, 3.05) is 0 Å². The van der Waals surface area contributed by atoms with Crippen molar-refractivity contribution in [3.63, 3.8) is 0 Å². The normalized spacial score (nSPS) is 10.9. The van der Waals surface area contributed by atoms with Crippen LogP contribution in [0.4, 0.5) is 0 Å². The Kier molecular flexibility index (Phi) is 4.66. The van der Waals surface area contributed by atoms with Crippen LogP contribution in [-0.4, -0.2) is 14.9 Å². The van der Waals surface area contributed by atoms with Crippen LogP contribution in [0.3, 0.4) is 0 Å². The molecule has 0 aliphatic carbocycles. The van der Waals surface area contributed by atoms with E-state index in [2.05, 4.69) is 25.9 Å². The molecule has 86 valence electrons. The zero-order valence-electron chi connectivity index (χ0n) is 10.1. The van der Waals surface area contributed by atoms with E-state index in [1.807, 2.05) is 4.68 Å². The lowest BCUT2D eigenvalue weighted by Crippen LogP contribution is -2.05. The summed E-state index contributed by atoms with van der Waals surface area (Å²) in [6.45, 7) is 7.30. The van der Waals surface area contributed by atoms with Crippen LogP contribution in [0.1, 0.15) is 51.3 Å². The predicted octanol–water partition coefficient (Wildman–Crippen LogP) is 2.90. The molecule has 15 heavy (non-hydrogen) atoms. The number of aromatic hydroxyl groups is 1. The summed E-state index contributed by atoms with van der Waals surface area (Å²) in [5.74, 6) is 0.233. The van der Waals surface area contributed by atoms with Gasteiger partial charge in [0.15, 0.2) is 0 Å². The minimum Gasteiger partial charge on any atom is -0.492 e. The molecule has 0 spiro atoms. The molecule has 1 heterocycles. The zero-order chi connectivity index (χ0) is 11.3. The van der Waals surface area contributed by atoms with E-state index in [0.717, 1.165) is 31.4 Å². The van der Waals surface area contributed by atoms with E-state index in [0.29, 0.717) is 0 Å². The highest BCUT2D eigenvalue weighted by atomic mass is 16.3. The van der Waals surface area contributed by atoms with Crippen LogP contribution in [0.15, 0.2) is 0 Å². The largest absolute Gasteiger partial charge is 0.492 e. The summed E-state index contributed by atoms with van der Waals surface area (Å²) in [7, 11) is 0. The van der Waals surface area contributed by atoms with Gasteiger partial charge in [0, 0.05) is 17.8 Å². The minimum atomic E-state index is 0.233. The van der Waals surface area contributed by atoms with Crippen molar-refractivity contribution < 1.29 is 5.11 Å². The zero-order valence-corrected chi connectivity index (χ0v) is 10.1. The first kappa shape index (κ1) is 12.1. The van der Waals surface area contributed by atoms with Gasteiger partial charge < -0.3 is 5.11 Å². The lowest BCUT2D eigenvalue weighted by Gasteiger charge is -2.06. The third-order valence-electron chi connectivity index (χ3n) is 2.70. The molecule has 3 nitrogen and oxygen atoms in total. The van der Waals surface area contributed by atoms with Crippen LogP contribution in [-0.2, 0) is 19.4 Å². The quantitative estimate of drug-likeness (QED) is 0.784. The molecule has 0 unspecified atom stereocenters. The topological polar surface area (TPSA) is 38.1 Å². The third kappa shape index (κ3) is 2.74. The Labute approximate surface area is 92.1 Å². The summed E-state index contributed by atoms with van der Waals surface area (Å²) in [6.07, 6.45) is 5.31. The van der Waals surface area contributed by atoms with Gasteiger partial charge in [-0.15, -0.1) is 5.10 Å². The first-order chi connectivity index (χ1) is 7.24. The van der Waals surface area contributed by atoms with Crippen molar-refractivity contribution in [3.05, 3.63) is 11.3 Å². The summed E-state index contributed by atoms with van der Waals surface area (Å²) >= 11 is 0. The highest BCUT2D eigenvalue weighted by molar-refractivity contribution is 5.30. The number of aryl methyl sites for hydroxylation is 1. The lowest BCUT2D eigenvalue weighted by molar-refractivity contribution is 0.431. The SMILES string of the molecule is CCCCc1c(CC)c(O)nn1CCC. The molecule has 0 saturated heterocycles. The summed E-state index contributed by atoms with van der Waals surface area (Å²) in [4.78, 5) is 0. The van der Waals surface area contributed by atoms with Gasteiger partial charge in [0.1, 0.15) is 0 Å². The Bertz CT molecular complexity index is 305. The molecule has 0 fully saturated rings. The molecule has 0 bridgehead atoms. The fraction of sp³-hybridized carbons (Fsp3) is 0.750. The van der Waals surface area contributed by atoms with E-state index in [1.165, 1.54) is 18.5 Å². The maximum Gasteiger partial charge on any atom is 0.233 e.